The highest BCUT2D eigenvalue weighted by Crippen LogP contribution is 2.37. The Bertz CT molecular complexity index is 467. The minimum Gasteiger partial charge on any atom is -0.489 e. The first-order valence-corrected chi connectivity index (χ1v) is 6.98. The molecule has 0 aromatic heterocycles. The highest BCUT2D eigenvalue weighted by atomic mass is 16.5. The van der Waals surface area contributed by atoms with Crippen LogP contribution in [-0.2, 0) is 6.42 Å². The van der Waals surface area contributed by atoms with Crippen LogP contribution in [0.3, 0.4) is 0 Å². The van der Waals surface area contributed by atoms with Crippen molar-refractivity contribution in [2.45, 2.75) is 31.7 Å². The minimum absolute atomic E-state index is 0.512. The van der Waals surface area contributed by atoms with Gasteiger partial charge in [0.05, 0.1) is 18.8 Å². The van der Waals surface area contributed by atoms with Gasteiger partial charge < -0.3 is 14.8 Å². The van der Waals surface area contributed by atoms with E-state index in [-0.39, 0.29) is 0 Å². The van der Waals surface area contributed by atoms with Crippen LogP contribution in [0, 0.1) is 0 Å². The van der Waals surface area contributed by atoms with Crippen LogP contribution in [0.2, 0.25) is 0 Å². The van der Waals surface area contributed by atoms with E-state index in [1.54, 1.807) is 0 Å². The molecule has 0 amide bonds. The average molecular weight is 261 g/mol. The van der Waals surface area contributed by atoms with Crippen molar-refractivity contribution in [3.63, 3.8) is 0 Å². The maximum atomic E-state index is 11.1. The topological polar surface area (TPSA) is 47.6 Å². The lowest BCUT2D eigenvalue weighted by molar-refractivity contribution is 0.111. The number of aldehydes is 1. The Hall–Kier alpha value is -1.55. The molecule has 1 N–H and O–H groups in total. The van der Waals surface area contributed by atoms with Crippen molar-refractivity contribution in [3.05, 3.63) is 23.3 Å². The molecule has 2 heterocycles. The van der Waals surface area contributed by atoms with Crippen LogP contribution in [0.5, 0.6) is 11.5 Å². The highest BCUT2D eigenvalue weighted by molar-refractivity contribution is 5.82. The summed E-state index contributed by atoms with van der Waals surface area (Å²) in [5, 5.41) is 3.49. The molecular weight excluding hydrogens is 242 g/mol. The fraction of sp³-hybridized carbons (Fsp3) is 0.533. The van der Waals surface area contributed by atoms with Crippen molar-refractivity contribution in [2.24, 2.45) is 0 Å². The summed E-state index contributed by atoms with van der Waals surface area (Å²) in [6.45, 7) is 2.36. The second-order valence-corrected chi connectivity index (χ2v) is 5.14. The predicted molar refractivity (Wildman–Crippen MR) is 72.2 cm³/mol. The summed E-state index contributed by atoms with van der Waals surface area (Å²) in [7, 11) is 0. The van der Waals surface area contributed by atoms with Gasteiger partial charge in [0.1, 0.15) is 0 Å². The van der Waals surface area contributed by atoms with Gasteiger partial charge in [0.25, 0.3) is 0 Å². The second kappa shape index (κ2) is 5.61. The van der Waals surface area contributed by atoms with Gasteiger partial charge >= 0.3 is 0 Å². The number of rotatable bonds is 3. The average Bonchev–Trinajstić information content (AvgIpc) is 2.81. The first-order chi connectivity index (χ1) is 9.38. The third-order valence-electron chi connectivity index (χ3n) is 3.76. The van der Waals surface area contributed by atoms with E-state index in [4.69, 9.17) is 9.47 Å². The van der Waals surface area contributed by atoms with Crippen molar-refractivity contribution < 1.29 is 14.3 Å². The van der Waals surface area contributed by atoms with E-state index in [1.807, 2.05) is 12.1 Å². The highest BCUT2D eigenvalue weighted by Gasteiger charge is 2.22. The molecule has 2 aliphatic heterocycles. The number of fused-ring (bicyclic) bond motifs is 1. The zero-order valence-electron chi connectivity index (χ0n) is 11.0. The molecule has 1 aromatic carbocycles. The summed E-state index contributed by atoms with van der Waals surface area (Å²) in [6, 6.07) is 4.35. The Morgan fingerprint density at radius 2 is 2.05 bits per heavy atom. The van der Waals surface area contributed by atoms with E-state index in [2.05, 4.69) is 5.32 Å². The molecule has 2 aliphatic rings. The molecule has 0 spiro atoms. The third-order valence-corrected chi connectivity index (χ3v) is 3.76. The molecule has 1 saturated heterocycles. The smallest absolute Gasteiger partial charge is 0.171 e. The molecule has 3 rings (SSSR count). The van der Waals surface area contributed by atoms with Gasteiger partial charge in [0.15, 0.2) is 17.8 Å². The molecule has 19 heavy (non-hydrogen) atoms. The Kier molecular flexibility index (Phi) is 3.69. The first-order valence-electron chi connectivity index (χ1n) is 6.98. The van der Waals surface area contributed by atoms with Crippen molar-refractivity contribution >= 4 is 6.29 Å². The maximum absolute atomic E-state index is 11.1. The fourth-order valence-electron chi connectivity index (χ4n) is 2.78. The standard InChI is InChI=1S/C15H19NO3/c17-10-12-5-4-11(9-13-3-1-6-16-13)14-15(12)19-8-2-7-18-14/h4-5,10,13,16H,1-3,6-9H2. The van der Waals surface area contributed by atoms with Crippen LogP contribution >= 0.6 is 0 Å². The van der Waals surface area contributed by atoms with E-state index < -0.39 is 0 Å². The number of ether oxygens (including phenoxy) is 2. The molecule has 0 aliphatic carbocycles. The lowest BCUT2D eigenvalue weighted by Gasteiger charge is -2.17. The quantitative estimate of drug-likeness (QED) is 0.845. The molecule has 0 bridgehead atoms. The van der Waals surface area contributed by atoms with Crippen LogP contribution in [0.1, 0.15) is 35.2 Å². The fourth-order valence-corrected chi connectivity index (χ4v) is 2.78. The summed E-state index contributed by atoms with van der Waals surface area (Å²) in [5.74, 6) is 1.40. The largest absolute Gasteiger partial charge is 0.489 e. The molecular formula is C15H19NO3. The Morgan fingerprint density at radius 3 is 2.79 bits per heavy atom. The summed E-state index contributed by atoms with van der Waals surface area (Å²) in [5.41, 5.74) is 1.72. The number of hydrogen-bond acceptors (Lipinski definition) is 4. The van der Waals surface area contributed by atoms with Crippen LogP contribution < -0.4 is 14.8 Å². The van der Waals surface area contributed by atoms with Gasteiger partial charge in [-0.3, -0.25) is 4.79 Å². The van der Waals surface area contributed by atoms with Crippen molar-refractivity contribution in [1.29, 1.82) is 0 Å². The molecule has 0 radical (unpaired) electrons. The summed E-state index contributed by atoms with van der Waals surface area (Å²) in [6.07, 6.45) is 5.06. The Morgan fingerprint density at radius 1 is 1.21 bits per heavy atom. The summed E-state index contributed by atoms with van der Waals surface area (Å²) >= 11 is 0. The van der Waals surface area contributed by atoms with Gasteiger partial charge in [-0.1, -0.05) is 6.07 Å². The first kappa shape index (κ1) is 12.5. The van der Waals surface area contributed by atoms with Gasteiger partial charge in [-0.2, -0.15) is 0 Å². The van der Waals surface area contributed by atoms with E-state index >= 15 is 0 Å². The Balaban J connectivity index is 1.92. The van der Waals surface area contributed by atoms with Gasteiger partial charge in [-0.15, -0.1) is 0 Å². The molecule has 1 fully saturated rings. The van der Waals surface area contributed by atoms with Crippen LogP contribution in [0.25, 0.3) is 0 Å². The molecule has 102 valence electrons. The summed E-state index contributed by atoms with van der Waals surface area (Å²) < 4.78 is 11.5. The molecule has 1 unspecified atom stereocenters. The zero-order chi connectivity index (χ0) is 13.1. The van der Waals surface area contributed by atoms with E-state index in [0.29, 0.717) is 30.6 Å². The van der Waals surface area contributed by atoms with Crippen molar-refractivity contribution in [2.75, 3.05) is 19.8 Å². The number of carbonyl (C=O) groups is 1. The summed E-state index contributed by atoms with van der Waals surface area (Å²) in [4.78, 5) is 11.1. The second-order valence-electron chi connectivity index (χ2n) is 5.14. The molecule has 1 atom stereocenters. The van der Waals surface area contributed by atoms with Crippen LogP contribution in [0.4, 0.5) is 0 Å². The number of benzene rings is 1. The monoisotopic (exact) mass is 261 g/mol. The van der Waals surface area contributed by atoms with Gasteiger partial charge in [0.2, 0.25) is 0 Å². The van der Waals surface area contributed by atoms with Crippen LogP contribution in [0.15, 0.2) is 12.1 Å². The van der Waals surface area contributed by atoms with Crippen molar-refractivity contribution in [3.8, 4) is 11.5 Å². The zero-order valence-corrected chi connectivity index (χ0v) is 11.0. The maximum Gasteiger partial charge on any atom is 0.171 e. The van der Waals surface area contributed by atoms with E-state index in [1.165, 1.54) is 12.8 Å². The van der Waals surface area contributed by atoms with E-state index in [0.717, 1.165) is 37.0 Å². The minimum atomic E-state index is 0.512. The number of carbonyl (C=O) groups excluding carboxylic acids is 1. The van der Waals surface area contributed by atoms with E-state index in [9.17, 15) is 4.79 Å². The number of hydrogen-bond donors (Lipinski definition) is 1. The normalized spacial score (nSPS) is 22.0. The number of nitrogens with one attached hydrogen (secondary N) is 1. The molecule has 0 saturated carbocycles. The van der Waals surface area contributed by atoms with Gasteiger partial charge in [0, 0.05) is 12.5 Å². The SMILES string of the molecule is O=Cc1ccc(CC2CCCN2)c2c1OCCCO2. The van der Waals surface area contributed by atoms with Gasteiger partial charge in [-0.25, -0.2) is 0 Å². The Labute approximate surface area is 113 Å². The molecule has 1 aromatic rings. The lowest BCUT2D eigenvalue weighted by atomic mass is 10.0. The van der Waals surface area contributed by atoms with Gasteiger partial charge in [-0.05, 0) is 37.4 Å². The predicted octanol–water partition coefficient (Wildman–Crippen LogP) is 1.95. The molecule has 4 nitrogen and oxygen atoms in total. The third kappa shape index (κ3) is 2.59. The van der Waals surface area contributed by atoms with Crippen LogP contribution in [-0.4, -0.2) is 32.1 Å². The van der Waals surface area contributed by atoms with Crippen molar-refractivity contribution in [1.82, 2.24) is 5.32 Å². The lowest BCUT2D eigenvalue weighted by Crippen LogP contribution is -2.24. The molecule has 4 heteroatoms.